The smallest absolute Gasteiger partial charge is 0.150 e. The van der Waals surface area contributed by atoms with Gasteiger partial charge < -0.3 is 5.32 Å². The van der Waals surface area contributed by atoms with Crippen LogP contribution in [0.5, 0.6) is 0 Å². The van der Waals surface area contributed by atoms with Gasteiger partial charge in [-0.1, -0.05) is 6.07 Å². The van der Waals surface area contributed by atoms with Gasteiger partial charge in [0.1, 0.15) is 9.84 Å². The van der Waals surface area contributed by atoms with Crippen molar-refractivity contribution in [3.05, 3.63) is 29.3 Å². The van der Waals surface area contributed by atoms with Crippen LogP contribution in [0.15, 0.2) is 23.7 Å². The van der Waals surface area contributed by atoms with Crippen molar-refractivity contribution in [2.75, 3.05) is 11.5 Å². The fraction of sp³-hybridized carbons (Fsp3) is 0.462. The number of aromatic amines is 1. The Labute approximate surface area is 122 Å². The summed E-state index contributed by atoms with van der Waals surface area (Å²) < 4.78 is 22.8. The maximum Gasteiger partial charge on any atom is 0.150 e. The van der Waals surface area contributed by atoms with Crippen molar-refractivity contribution in [1.82, 2.24) is 15.5 Å². The lowest BCUT2D eigenvalue weighted by atomic mass is 10.1. The number of nitrogens with one attached hydrogen (secondary N) is 2. The number of thiophene rings is 1. The molecule has 3 heterocycles. The van der Waals surface area contributed by atoms with Gasteiger partial charge in [0.25, 0.3) is 0 Å². The Morgan fingerprint density at radius 3 is 2.90 bits per heavy atom. The molecule has 3 rings (SSSR count). The van der Waals surface area contributed by atoms with Crippen molar-refractivity contribution in [3.63, 3.8) is 0 Å². The molecule has 0 aliphatic carbocycles. The minimum absolute atomic E-state index is 0.282. The van der Waals surface area contributed by atoms with Gasteiger partial charge in [0.2, 0.25) is 0 Å². The highest BCUT2D eigenvalue weighted by atomic mass is 32.2. The average molecular weight is 311 g/mol. The zero-order chi connectivity index (χ0) is 14.0. The van der Waals surface area contributed by atoms with E-state index in [1.54, 1.807) is 11.3 Å². The first-order valence-corrected chi connectivity index (χ1v) is 9.34. The quantitative estimate of drug-likeness (QED) is 0.903. The lowest BCUT2D eigenvalue weighted by Crippen LogP contribution is -2.37. The normalized spacial score (nSPS) is 19.2. The van der Waals surface area contributed by atoms with Gasteiger partial charge in [-0.15, -0.1) is 11.3 Å². The van der Waals surface area contributed by atoms with E-state index in [1.165, 1.54) is 4.88 Å². The van der Waals surface area contributed by atoms with Crippen LogP contribution in [0.2, 0.25) is 0 Å². The van der Waals surface area contributed by atoms with E-state index in [9.17, 15) is 8.42 Å². The van der Waals surface area contributed by atoms with Crippen LogP contribution in [0.1, 0.15) is 18.4 Å². The number of aromatic nitrogens is 2. The second-order valence-electron chi connectivity index (χ2n) is 5.05. The third kappa shape index (κ3) is 3.11. The summed E-state index contributed by atoms with van der Waals surface area (Å²) in [5, 5.41) is 12.6. The zero-order valence-electron chi connectivity index (χ0n) is 11.0. The molecule has 0 saturated carbocycles. The summed E-state index contributed by atoms with van der Waals surface area (Å²) in [5.41, 5.74) is 2.18. The third-order valence-electron chi connectivity index (χ3n) is 3.62. The molecule has 2 aromatic rings. The van der Waals surface area contributed by atoms with E-state index >= 15 is 0 Å². The first-order chi connectivity index (χ1) is 9.64. The van der Waals surface area contributed by atoms with Crippen LogP contribution in [0.4, 0.5) is 0 Å². The Morgan fingerprint density at radius 2 is 2.20 bits per heavy atom. The molecule has 20 heavy (non-hydrogen) atoms. The number of rotatable bonds is 4. The first-order valence-electron chi connectivity index (χ1n) is 6.64. The summed E-state index contributed by atoms with van der Waals surface area (Å²) in [6.45, 7) is 0.717. The van der Waals surface area contributed by atoms with Crippen molar-refractivity contribution in [2.45, 2.75) is 25.4 Å². The molecule has 1 fully saturated rings. The summed E-state index contributed by atoms with van der Waals surface area (Å²) in [6, 6.07) is 4.36. The van der Waals surface area contributed by atoms with Crippen molar-refractivity contribution in [2.24, 2.45) is 0 Å². The van der Waals surface area contributed by atoms with Gasteiger partial charge in [-0.3, -0.25) is 5.10 Å². The monoisotopic (exact) mass is 311 g/mol. The van der Waals surface area contributed by atoms with E-state index in [0.717, 1.165) is 11.3 Å². The van der Waals surface area contributed by atoms with E-state index in [1.807, 2.05) is 17.6 Å². The van der Waals surface area contributed by atoms with Crippen LogP contribution in [0.25, 0.3) is 10.6 Å². The summed E-state index contributed by atoms with van der Waals surface area (Å²) >= 11 is 1.68. The number of nitrogens with zero attached hydrogens (tertiary/aromatic N) is 1. The van der Waals surface area contributed by atoms with E-state index in [-0.39, 0.29) is 6.04 Å². The van der Waals surface area contributed by atoms with Gasteiger partial charge in [0.15, 0.2) is 0 Å². The highest BCUT2D eigenvalue weighted by molar-refractivity contribution is 7.91. The second-order valence-corrected chi connectivity index (χ2v) is 8.31. The molecule has 7 heteroatoms. The molecule has 2 aromatic heterocycles. The van der Waals surface area contributed by atoms with Crippen molar-refractivity contribution in [3.8, 4) is 10.6 Å². The lowest BCUT2D eigenvalue weighted by Gasteiger charge is -2.23. The molecule has 1 aliphatic rings. The van der Waals surface area contributed by atoms with Crippen molar-refractivity contribution >= 4 is 21.2 Å². The molecule has 2 N–H and O–H groups in total. The van der Waals surface area contributed by atoms with Gasteiger partial charge >= 0.3 is 0 Å². The summed E-state index contributed by atoms with van der Waals surface area (Å²) in [7, 11) is -2.79. The summed E-state index contributed by atoms with van der Waals surface area (Å²) in [5.74, 6) is 0.599. The second kappa shape index (κ2) is 5.67. The predicted octanol–water partition coefficient (Wildman–Crippen LogP) is 1.80. The van der Waals surface area contributed by atoms with Crippen LogP contribution >= 0.6 is 11.3 Å². The van der Waals surface area contributed by atoms with Gasteiger partial charge in [-0.05, 0) is 24.3 Å². The molecule has 1 saturated heterocycles. The minimum Gasteiger partial charge on any atom is -0.310 e. The third-order valence-corrected chi connectivity index (χ3v) is 6.22. The number of H-pyrrole nitrogens is 1. The standard InChI is InChI=1S/C13H17N3O2S2/c17-20(18)6-3-11(4-7-20)14-8-10-9-15-16-13(10)12-2-1-5-19-12/h1-2,5,9,11,14H,3-4,6-8H2,(H,15,16). The highest BCUT2D eigenvalue weighted by Crippen LogP contribution is 2.26. The molecule has 108 valence electrons. The number of hydrogen-bond donors (Lipinski definition) is 2. The molecular weight excluding hydrogens is 294 g/mol. The molecule has 0 atom stereocenters. The summed E-state index contributed by atoms with van der Waals surface area (Å²) in [6.07, 6.45) is 3.24. The number of hydrogen-bond acceptors (Lipinski definition) is 5. The molecular formula is C13H17N3O2S2. The van der Waals surface area contributed by atoms with Crippen LogP contribution in [-0.4, -0.2) is 36.2 Å². The van der Waals surface area contributed by atoms with E-state index in [4.69, 9.17) is 0 Å². The Kier molecular flexibility index (Phi) is 3.91. The van der Waals surface area contributed by atoms with E-state index in [2.05, 4.69) is 21.6 Å². The molecule has 0 aromatic carbocycles. The van der Waals surface area contributed by atoms with Crippen LogP contribution < -0.4 is 5.32 Å². The summed E-state index contributed by atoms with van der Waals surface area (Å²) in [4.78, 5) is 1.17. The molecule has 0 amide bonds. The average Bonchev–Trinajstić information content (AvgIpc) is 3.08. The van der Waals surface area contributed by atoms with Crippen LogP contribution in [0, 0.1) is 0 Å². The number of sulfone groups is 1. The first kappa shape index (κ1) is 13.8. The van der Waals surface area contributed by atoms with Gasteiger partial charge in [0, 0.05) is 18.2 Å². The van der Waals surface area contributed by atoms with Gasteiger partial charge in [0.05, 0.1) is 28.3 Å². The molecule has 0 unspecified atom stereocenters. The fourth-order valence-corrected chi connectivity index (χ4v) is 4.67. The molecule has 0 spiro atoms. The molecule has 0 bridgehead atoms. The largest absolute Gasteiger partial charge is 0.310 e. The molecule has 1 aliphatic heterocycles. The SMILES string of the molecule is O=S1(=O)CCC(NCc2cn[nH]c2-c2cccs2)CC1. The molecule has 0 radical (unpaired) electrons. The predicted molar refractivity (Wildman–Crippen MR) is 80.4 cm³/mol. The Hall–Kier alpha value is -1.18. The van der Waals surface area contributed by atoms with E-state index < -0.39 is 9.84 Å². The Morgan fingerprint density at radius 1 is 1.40 bits per heavy atom. The lowest BCUT2D eigenvalue weighted by molar-refractivity contribution is 0.463. The van der Waals surface area contributed by atoms with Gasteiger partial charge in [-0.2, -0.15) is 5.10 Å². The molecule has 5 nitrogen and oxygen atoms in total. The Balaban J connectivity index is 1.61. The highest BCUT2D eigenvalue weighted by Gasteiger charge is 2.23. The van der Waals surface area contributed by atoms with Crippen LogP contribution in [-0.2, 0) is 16.4 Å². The zero-order valence-corrected chi connectivity index (χ0v) is 12.6. The van der Waals surface area contributed by atoms with Gasteiger partial charge in [-0.25, -0.2) is 8.42 Å². The minimum atomic E-state index is -2.79. The maximum atomic E-state index is 11.4. The maximum absolute atomic E-state index is 11.4. The van der Waals surface area contributed by atoms with Crippen molar-refractivity contribution < 1.29 is 8.42 Å². The van der Waals surface area contributed by atoms with Crippen molar-refractivity contribution in [1.29, 1.82) is 0 Å². The van der Waals surface area contributed by atoms with Crippen LogP contribution in [0.3, 0.4) is 0 Å². The van der Waals surface area contributed by atoms with E-state index in [0.29, 0.717) is 30.9 Å². The Bertz CT molecular complexity index is 648. The fourth-order valence-electron chi connectivity index (χ4n) is 2.43. The topological polar surface area (TPSA) is 74.8 Å².